The van der Waals surface area contributed by atoms with Gasteiger partial charge in [-0.05, 0) is 24.0 Å². The van der Waals surface area contributed by atoms with Crippen molar-refractivity contribution in [2.24, 2.45) is 0 Å². The van der Waals surface area contributed by atoms with Crippen molar-refractivity contribution in [1.29, 1.82) is 0 Å². The molecule has 2 rings (SSSR count). The number of thiazole rings is 1. The Bertz CT molecular complexity index is 464. The minimum absolute atomic E-state index is 0.489. The summed E-state index contributed by atoms with van der Waals surface area (Å²) < 4.78 is 2.23. The fraction of sp³-hybridized carbons (Fsp3) is 0.200. The van der Waals surface area contributed by atoms with E-state index in [9.17, 15) is 4.79 Å². The Kier molecular flexibility index (Phi) is 2.84. The van der Waals surface area contributed by atoms with Gasteiger partial charge >= 0.3 is 0 Å². The lowest BCUT2D eigenvalue weighted by atomic mass is 10.2. The van der Waals surface area contributed by atoms with Crippen LogP contribution in [0.4, 0.5) is 0 Å². The van der Waals surface area contributed by atoms with Gasteiger partial charge in [0.1, 0.15) is 6.29 Å². The first-order valence-corrected chi connectivity index (χ1v) is 6.24. The smallest absolute Gasteiger partial charge is 0.150 e. The molecular formula is C10H9NOS2. The highest BCUT2D eigenvalue weighted by Crippen LogP contribution is 2.28. The fourth-order valence-electron chi connectivity index (χ4n) is 1.26. The van der Waals surface area contributed by atoms with E-state index in [1.165, 1.54) is 0 Å². The Balaban J connectivity index is 2.48. The molecule has 0 atom stereocenters. The second kappa shape index (κ2) is 4.11. The minimum atomic E-state index is 0.489. The van der Waals surface area contributed by atoms with Gasteiger partial charge in [-0.1, -0.05) is 17.8 Å². The molecule has 0 aliphatic rings. The number of thioether (sulfide) groups is 1. The minimum Gasteiger partial charge on any atom is -0.303 e. The van der Waals surface area contributed by atoms with Crippen LogP contribution in [-0.4, -0.2) is 17.5 Å². The number of benzene rings is 1. The van der Waals surface area contributed by atoms with E-state index in [-0.39, 0.29) is 0 Å². The molecule has 0 amide bonds. The maximum atomic E-state index is 10.4. The molecule has 0 aliphatic carbocycles. The molecule has 0 bridgehead atoms. The first-order chi connectivity index (χ1) is 6.83. The molecule has 0 fully saturated rings. The van der Waals surface area contributed by atoms with Crippen LogP contribution >= 0.6 is 23.1 Å². The van der Waals surface area contributed by atoms with E-state index in [1.54, 1.807) is 23.1 Å². The van der Waals surface area contributed by atoms with E-state index in [4.69, 9.17) is 0 Å². The largest absolute Gasteiger partial charge is 0.303 e. The summed E-state index contributed by atoms with van der Waals surface area (Å²) in [5.74, 6) is 0. The van der Waals surface area contributed by atoms with Crippen molar-refractivity contribution in [3.05, 3.63) is 23.8 Å². The molecule has 1 aromatic carbocycles. The average Bonchev–Trinajstić information content (AvgIpc) is 2.60. The zero-order valence-electron chi connectivity index (χ0n) is 7.69. The molecule has 14 heavy (non-hydrogen) atoms. The molecule has 0 saturated heterocycles. The molecule has 2 nitrogen and oxygen atoms in total. The van der Waals surface area contributed by atoms with Gasteiger partial charge in [-0.25, -0.2) is 4.98 Å². The summed E-state index contributed by atoms with van der Waals surface area (Å²) in [4.78, 5) is 14.8. The number of carbonyl (C=O) groups excluding carboxylic acids is 1. The maximum absolute atomic E-state index is 10.4. The summed E-state index contributed by atoms with van der Waals surface area (Å²) in [7, 11) is 0. The van der Waals surface area contributed by atoms with Crippen molar-refractivity contribution in [3.63, 3.8) is 0 Å². The van der Waals surface area contributed by atoms with Crippen LogP contribution in [0.15, 0.2) is 22.5 Å². The molecule has 1 heterocycles. The highest BCUT2D eigenvalue weighted by Gasteiger charge is 2.03. The Labute approximate surface area is 90.4 Å². The van der Waals surface area contributed by atoms with Crippen molar-refractivity contribution < 1.29 is 4.79 Å². The molecule has 72 valence electrons. The molecular weight excluding hydrogens is 214 g/mol. The van der Waals surface area contributed by atoms with E-state index in [0.717, 1.165) is 26.4 Å². The zero-order chi connectivity index (χ0) is 9.97. The molecule has 0 N–H and O–H groups in total. The zero-order valence-corrected chi connectivity index (χ0v) is 9.32. The maximum Gasteiger partial charge on any atom is 0.150 e. The van der Waals surface area contributed by atoms with Crippen LogP contribution < -0.4 is 0 Å². The molecule has 4 heteroatoms. The number of hydrogen-bond donors (Lipinski definition) is 0. The standard InChI is InChI=1S/C10H9NOS2/c1-13-10-11-8-3-2-7(4-5-12)6-9(8)14-10/h2-3,5-6H,4H2,1H3. The topological polar surface area (TPSA) is 30.0 Å². The van der Waals surface area contributed by atoms with Gasteiger partial charge in [0.05, 0.1) is 10.2 Å². The summed E-state index contributed by atoms with van der Waals surface area (Å²) in [6.07, 6.45) is 3.43. The van der Waals surface area contributed by atoms with Crippen molar-refractivity contribution in [3.8, 4) is 0 Å². The van der Waals surface area contributed by atoms with Gasteiger partial charge in [-0.2, -0.15) is 0 Å². The van der Waals surface area contributed by atoms with Gasteiger partial charge in [-0.15, -0.1) is 11.3 Å². The Morgan fingerprint density at radius 1 is 1.57 bits per heavy atom. The van der Waals surface area contributed by atoms with Crippen LogP contribution in [0, 0.1) is 0 Å². The molecule has 0 saturated carbocycles. The van der Waals surface area contributed by atoms with E-state index in [2.05, 4.69) is 4.98 Å². The van der Waals surface area contributed by atoms with Gasteiger partial charge in [0.25, 0.3) is 0 Å². The number of aromatic nitrogens is 1. The SMILES string of the molecule is CSc1nc2ccc(CC=O)cc2s1. The number of hydrogen-bond acceptors (Lipinski definition) is 4. The van der Waals surface area contributed by atoms with E-state index in [0.29, 0.717) is 6.42 Å². The summed E-state index contributed by atoms with van der Waals surface area (Å²) in [5, 5.41) is 0. The van der Waals surface area contributed by atoms with Gasteiger partial charge in [0.2, 0.25) is 0 Å². The third-order valence-corrected chi connectivity index (χ3v) is 3.93. The Morgan fingerprint density at radius 3 is 3.14 bits per heavy atom. The first kappa shape index (κ1) is 9.68. The van der Waals surface area contributed by atoms with Crippen LogP contribution in [0.25, 0.3) is 10.2 Å². The first-order valence-electron chi connectivity index (χ1n) is 4.20. The van der Waals surface area contributed by atoms with Crippen molar-refractivity contribution in [2.45, 2.75) is 10.8 Å². The van der Waals surface area contributed by atoms with E-state index in [1.807, 2.05) is 24.5 Å². The van der Waals surface area contributed by atoms with Crippen LogP contribution in [0.1, 0.15) is 5.56 Å². The third-order valence-electron chi connectivity index (χ3n) is 1.93. The second-order valence-corrected chi connectivity index (χ2v) is 4.94. The summed E-state index contributed by atoms with van der Waals surface area (Å²) in [5.41, 5.74) is 2.08. The van der Waals surface area contributed by atoms with Crippen molar-refractivity contribution in [2.75, 3.05) is 6.26 Å². The normalized spacial score (nSPS) is 10.6. The average molecular weight is 223 g/mol. The van der Waals surface area contributed by atoms with Crippen molar-refractivity contribution >= 4 is 39.6 Å². The monoisotopic (exact) mass is 223 g/mol. The van der Waals surface area contributed by atoms with Crippen LogP contribution in [0.5, 0.6) is 0 Å². The Hall–Kier alpha value is -0.870. The summed E-state index contributed by atoms with van der Waals surface area (Å²) >= 11 is 3.32. The second-order valence-electron chi connectivity index (χ2n) is 2.86. The quantitative estimate of drug-likeness (QED) is 0.592. The summed E-state index contributed by atoms with van der Waals surface area (Å²) in [6.45, 7) is 0. The predicted octanol–water partition coefficient (Wildman–Crippen LogP) is 2.76. The number of aldehydes is 1. The number of rotatable bonds is 3. The van der Waals surface area contributed by atoms with Crippen LogP contribution in [0.3, 0.4) is 0 Å². The molecule has 0 radical (unpaired) electrons. The van der Waals surface area contributed by atoms with Crippen LogP contribution in [0.2, 0.25) is 0 Å². The molecule has 1 aromatic heterocycles. The molecule has 2 aromatic rings. The summed E-state index contributed by atoms with van der Waals surface area (Å²) in [6, 6.07) is 5.98. The van der Waals surface area contributed by atoms with E-state index < -0.39 is 0 Å². The third kappa shape index (κ3) is 1.81. The lowest BCUT2D eigenvalue weighted by Gasteiger charge is -1.92. The van der Waals surface area contributed by atoms with Gasteiger partial charge in [0, 0.05) is 6.42 Å². The lowest BCUT2D eigenvalue weighted by Crippen LogP contribution is -1.83. The lowest BCUT2D eigenvalue weighted by molar-refractivity contribution is -0.107. The Morgan fingerprint density at radius 2 is 2.43 bits per heavy atom. The van der Waals surface area contributed by atoms with Crippen LogP contribution in [-0.2, 0) is 11.2 Å². The van der Waals surface area contributed by atoms with Crippen molar-refractivity contribution in [1.82, 2.24) is 4.98 Å². The number of carbonyl (C=O) groups is 1. The molecule has 0 aliphatic heterocycles. The van der Waals surface area contributed by atoms with Gasteiger partial charge < -0.3 is 4.79 Å². The number of nitrogens with zero attached hydrogens (tertiary/aromatic N) is 1. The number of fused-ring (bicyclic) bond motifs is 1. The predicted molar refractivity (Wildman–Crippen MR) is 61.2 cm³/mol. The van der Waals surface area contributed by atoms with E-state index >= 15 is 0 Å². The highest BCUT2D eigenvalue weighted by molar-refractivity contribution is 8.00. The van der Waals surface area contributed by atoms with Gasteiger partial charge in [-0.3, -0.25) is 0 Å². The fourth-order valence-corrected chi connectivity index (χ4v) is 2.81. The molecule has 0 spiro atoms. The van der Waals surface area contributed by atoms with Gasteiger partial charge in [0.15, 0.2) is 4.34 Å². The highest BCUT2D eigenvalue weighted by atomic mass is 32.2. The molecule has 0 unspecified atom stereocenters.